The van der Waals surface area contributed by atoms with Crippen molar-refractivity contribution in [2.45, 2.75) is 32.7 Å². The van der Waals surface area contributed by atoms with E-state index < -0.39 is 12.0 Å². The Morgan fingerprint density at radius 3 is 2.71 bits per heavy atom. The SMILES string of the molecule is Cc1noc(Cl)c1CCC(=O)NC(C)C(=O)O. The fourth-order valence-electron chi connectivity index (χ4n) is 1.25. The first-order chi connectivity index (χ1) is 7.91. The van der Waals surface area contributed by atoms with Crippen LogP contribution in [0.2, 0.25) is 5.22 Å². The molecule has 6 nitrogen and oxygen atoms in total. The molecule has 0 radical (unpaired) electrons. The number of aryl methyl sites for hydroxylation is 1. The second kappa shape index (κ2) is 5.67. The molecule has 2 N–H and O–H groups in total. The van der Waals surface area contributed by atoms with Gasteiger partial charge < -0.3 is 14.9 Å². The van der Waals surface area contributed by atoms with Crippen molar-refractivity contribution in [3.05, 3.63) is 16.5 Å². The summed E-state index contributed by atoms with van der Waals surface area (Å²) in [6.45, 7) is 3.13. The fraction of sp³-hybridized carbons (Fsp3) is 0.500. The molecule has 94 valence electrons. The average Bonchev–Trinajstić information content (AvgIpc) is 2.56. The highest BCUT2D eigenvalue weighted by Gasteiger charge is 2.16. The summed E-state index contributed by atoms with van der Waals surface area (Å²) < 4.78 is 4.74. The van der Waals surface area contributed by atoms with Crippen LogP contribution in [0, 0.1) is 6.92 Å². The van der Waals surface area contributed by atoms with E-state index in [0.29, 0.717) is 17.7 Å². The number of hydrogen-bond donors (Lipinski definition) is 2. The molecule has 1 aromatic rings. The first kappa shape index (κ1) is 13.5. The van der Waals surface area contributed by atoms with Gasteiger partial charge in [-0.15, -0.1) is 0 Å². The third-order valence-electron chi connectivity index (χ3n) is 2.29. The summed E-state index contributed by atoms with van der Waals surface area (Å²) in [6.07, 6.45) is 0.506. The van der Waals surface area contributed by atoms with E-state index in [-0.39, 0.29) is 17.5 Å². The number of carbonyl (C=O) groups excluding carboxylic acids is 1. The quantitative estimate of drug-likeness (QED) is 0.829. The number of hydrogen-bond acceptors (Lipinski definition) is 4. The molecule has 1 heterocycles. The smallest absolute Gasteiger partial charge is 0.325 e. The topological polar surface area (TPSA) is 92.4 Å². The number of halogens is 1. The van der Waals surface area contributed by atoms with Gasteiger partial charge >= 0.3 is 5.97 Å². The highest BCUT2D eigenvalue weighted by molar-refractivity contribution is 6.29. The van der Waals surface area contributed by atoms with Gasteiger partial charge in [-0.3, -0.25) is 9.59 Å². The number of carbonyl (C=O) groups is 2. The normalized spacial score (nSPS) is 12.2. The lowest BCUT2D eigenvalue weighted by atomic mass is 10.1. The van der Waals surface area contributed by atoms with Crippen molar-refractivity contribution >= 4 is 23.5 Å². The van der Waals surface area contributed by atoms with Gasteiger partial charge in [-0.1, -0.05) is 5.16 Å². The van der Waals surface area contributed by atoms with E-state index in [1.54, 1.807) is 6.92 Å². The number of carboxylic acids is 1. The summed E-state index contributed by atoms with van der Waals surface area (Å²) in [5.41, 5.74) is 1.30. The second-order valence-corrected chi connectivity index (χ2v) is 3.99. The van der Waals surface area contributed by atoms with E-state index in [1.807, 2.05) is 0 Å². The molecule has 1 aromatic heterocycles. The summed E-state index contributed by atoms with van der Waals surface area (Å²) in [5, 5.41) is 14.8. The van der Waals surface area contributed by atoms with Crippen LogP contribution in [-0.4, -0.2) is 28.2 Å². The molecule has 0 aliphatic carbocycles. The second-order valence-electron chi connectivity index (χ2n) is 3.65. The number of aromatic nitrogens is 1. The van der Waals surface area contributed by atoms with Gasteiger partial charge in [0.1, 0.15) is 6.04 Å². The van der Waals surface area contributed by atoms with Gasteiger partial charge in [0.05, 0.1) is 5.69 Å². The zero-order chi connectivity index (χ0) is 13.0. The third kappa shape index (κ3) is 3.74. The number of nitrogens with one attached hydrogen (secondary N) is 1. The van der Waals surface area contributed by atoms with Crippen LogP contribution in [0.1, 0.15) is 24.6 Å². The van der Waals surface area contributed by atoms with Crippen LogP contribution in [0.5, 0.6) is 0 Å². The van der Waals surface area contributed by atoms with Gasteiger partial charge in [0.2, 0.25) is 11.1 Å². The maximum absolute atomic E-state index is 11.4. The van der Waals surface area contributed by atoms with Crippen LogP contribution < -0.4 is 5.32 Å². The summed E-state index contributed by atoms with van der Waals surface area (Å²) >= 11 is 5.73. The molecule has 0 aromatic carbocycles. The Labute approximate surface area is 103 Å². The maximum Gasteiger partial charge on any atom is 0.325 e. The van der Waals surface area contributed by atoms with Crippen molar-refractivity contribution in [3.63, 3.8) is 0 Å². The Morgan fingerprint density at radius 1 is 1.59 bits per heavy atom. The molecule has 1 rings (SSSR count). The van der Waals surface area contributed by atoms with Crippen molar-refractivity contribution < 1.29 is 19.2 Å². The Bertz CT molecular complexity index is 410. The van der Waals surface area contributed by atoms with E-state index in [4.69, 9.17) is 21.2 Å². The molecule has 0 spiro atoms. The Balaban J connectivity index is 2.46. The molecule has 1 amide bonds. The average molecular weight is 261 g/mol. The fourth-order valence-corrected chi connectivity index (χ4v) is 1.52. The molecule has 7 heteroatoms. The predicted molar refractivity (Wildman–Crippen MR) is 59.8 cm³/mol. The van der Waals surface area contributed by atoms with Gasteiger partial charge in [-0.2, -0.15) is 0 Å². The van der Waals surface area contributed by atoms with E-state index in [1.165, 1.54) is 6.92 Å². The van der Waals surface area contributed by atoms with Gasteiger partial charge in [0.15, 0.2) is 0 Å². The number of carboxylic acid groups (broad SMARTS) is 1. The minimum Gasteiger partial charge on any atom is -0.480 e. The molecule has 0 saturated heterocycles. The van der Waals surface area contributed by atoms with Crippen LogP contribution in [0.15, 0.2) is 4.52 Å². The Hall–Kier alpha value is -1.56. The largest absolute Gasteiger partial charge is 0.480 e. The van der Waals surface area contributed by atoms with Gasteiger partial charge in [0, 0.05) is 12.0 Å². The number of aliphatic carboxylic acids is 1. The van der Waals surface area contributed by atoms with Crippen LogP contribution >= 0.6 is 11.6 Å². The number of nitrogens with zero attached hydrogens (tertiary/aromatic N) is 1. The molecule has 1 atom stereocenters. The molecule has 0 aliphatic heterocycles. The van der Waals surface area contributed by atoms with E-state index in [0.717, 1.165) is 0 Å². The van der Waals surface area contributed by atoms with Crippen molar-refractivity contribution in [1.29, 1.82) is 0 Å². The maximum atomic E-state index is 11.4. The Kier molecular flexibility index (Phi) is 4.51. The molecular formula is C10H13ClN2O4. The number of rotatable bonds is 5. The van der Waals surface area contributed by atoms with Gasteiger partial charge in [0.25, 0.3) is 0 Å². The minimum atomic E-state index is -1.07. The predicted octanol–water partition coefficient (Wildman–Crippen LogP) is 1.16. The third-order valence-corrected chi connectivity index (χ3v) is 2.58. The minimum absolute atomic E-state index is 0.138. The molecule has 17 heavy (non-hydrogen) atoms. The van der Waals surface area contributed by atoms with E-state index in [2.05, 4.69) is 10.5 Å². The highest BCUT2D eigenvalue weighted by Crippen LogP contribution is 2.20. The lowest BCUT2D eigenvalue weighted by Gasteiger charge is -2.08. The van der Waals surface area contributed by atoms with E-state index in [9.17, 15) is 9.59 Å². The Morgan fingerprint density at radius 2 is 2.24 bits per heavy atom. The lowest BCUT2D eigenvalue weighted by molar-refractivity contribution is -0.141. The van der Waals surface area contributed by atoms with Crippen molar-refractivity contribution in [2.24, 2.45) is 0 Å². The summed E-state index contributed by atoms with van der Waals surface area (Å²) in [5.74, 6) is -1.42. The van der Waals surface area contributed by atoms with Crippen molar-refractivity contribution in [1.82, 2.24) is 10.5 Å². The van der Waals surface area contributed by atoms with Crippen LogP contribution in [-0.2, 0) is 16.0 Å². The molecule has 0 fully saturated rings. The number of amides is 1. The van der Waals surface area contributed by atoms with Crippen LogP contribution in [0.3, 0.4) is 0 Å². The molecule has 0 saturated carbocycles. The molecule has 0 bridgehead atoms. The zero-order valence-electron chi connectivity index (χ0n) is 9.49. The zero-order valence-corrected chi connectivity index (χ0v) is 10.2. The molecular weight excluding hydrogens is 248 g/mol. The standard InChI is InChI=1S/C10H13ClN2O4/c1-5-7(9(11)17-13-5)3-4-8(14)12-6(2)10(15)16/h6H,3-4H2,1-2H3,(H,12,14)(H,15,16). The van der Waals surface area contributed by atoms with Crippen LogP contribution in [0.4, 0.5) is 0 Å². The molecule has 1 unspecified atom stereocenters. The highest BCUT2D eigenvalue weighted by atomic mass is 35.5. The monoisotopic (exact) mass is 260 g/mol. The van der Waals surface area contributed by atoms with Crippen molar-refractivity contribution in [2.75, 3.05) is 0 Å². The van der Waals surface area contributed by atoms with Gasteiger partial charge in [-0.25, -0.2) is 0 Å². The summed E-state index contributed by atoms with van der Waals surface area (Å²) in [7, 11) is 0. The summed E-state index contributed by atoms with van der Waals surface area (Å²) in [4.78, 5) is 21.9. The lowest BCUT2D eigenvalue weighted by Crippen LogP contribution is -2.38. The molecule has 0 aliphatic rings. The van der Waals surface area contributed by atoms with Crippen molar-refractivity contribution in [3.8, 4) is 0 Å². The van der Waals surface area contributed by atoms with Gasteiger partial charge in [-0.05, 0) is 31.9 Å². The first-order valence-electron chi connectivity index (χ1n) is 5.04. The summed E-state index contributed by atoms with van der Waals surface area (Å²) in [6, 6.07) is -0.901. The van der Waals surface area contributed by atoms with E-state index >= 15 is 0 Å². The van der Waals surface area contributed by atoms with Crippen LogP contribution in [0.25, 0.3) is 0 Å². The first-order valence-corrected chi connectivity index (χ1v) is 5.42.